The van der Waals surface area contributed by atoms with Crippen molar-refractivity contribution in [1.29, 1.82) is 0 Å². The summed E-state index contributed by atoms with van der Waals surface area (Å²) in [4.78, 5) is 23.8. The summed E-state index contributed by atoms with van der Waals surface area (Å²) in [5.41, 5.74) is 3.24. The average Bonchev–Trinajstić information content (AvgIpc) is 2.82. The van der Waals surface area contributed by atoms with Crippen molar-refractivity contribution < 1.29 is 27.5 Å². The largest absolute Gasteiger partial charge is 0.489 e. The van der Waals surface area contributed by atoms with Gasteiger partial charge in [0.1, 0.15) is 12.4 Å². The molecule has 34 heavy (non-hydrogen) atoms. The molecule has 3 aromatic rings. The third-order valence-corrected chi connectivity index (χ3v) is 4.58. The maximum absolute atomic E-state index is 12.7. The minimum Gasteiger partial charge on any atom is -0.489 e. The highest BCUT2D eigenvalue weighted by atomic mass is 19.4. The summed E-state index contributed by atoms with van der Waals surface area (Å²) in [5.74, 6) is -0.389. The van der Waals surface area contributed by atoms with Crippen LogP contribution in [0, 0.1) is 0 Å². The first-order chi connectivity index (χ1) is 16.3. The monoisotopic (exact) mass is 469 g/mol. The van der Waals surface area contributed by atoms with Gasteiger partial charge in [0.05, 0.1) is 11.8 Å². The molecule has 0 saturated carbocycles. The van der Waals surface area contributed by atoms with E-state index in [4.69, 9.17) is 4.74 Å². The molecular weight excluding hydrogens is 447 g/mol. The smallest absolute Gasteiger partial charge is 0.416 e. The zero-order valence-electron chi connectivity index (χ0n) is 18.0. The van der Waals surface area contributed by atoms with Crippen molar-refractivity contribution in [1.82, 2.24) is 5.43 Å². The van der Waals surface area contributed by atoms with Crippen LogP contribution in [0.25, 0.3) is 0 Å². The van der Waals surface area contributed by atoms with Crippen LogP contribution in [-0.4, -0.2) is 18.0 Å². The third-order valence-electron chi connectivity index (χ3n) is 4.58. The van der Waals surface area contributed by atoms with Crippen molar-refractivity contribution in [2.24, 2.45) is 5.10 Å². The van der Waals surface area contributed by atoms with Crippen LogP contribution < -0.4 is 15.5 Å². The lowest BCUT2D eigenvalue weighted by atomic mass is 10.2. The van der Waals surface area contributed by atoms with E-state index >= 15 is 0 Å². The number of benzene rings is 3. The Bertz CT molecular complexity index is 1130. The highest BCUT2D eigenvalue weighted by molar-refractivity contribution is 5.93. The van der Waals surface area contributed by atoms with Crippen LogP contribution in [-0.2, 0) is 22.4 Å². The summed E-state index contributed by atoms with van der Waals surface area (Å²) in [6.45, 7) is 0.450. The van der Waals surface area contributed by atoms with Crippen molar-refractivity contribution in [2.75, 3.05) is 5.32 Å². The number of alkyl halides is 3. The molecule has 176 valence electrons. The Kier molecular flexibility index (Phi) is 8.39. The lowest BCUT2D eigenvalue weighted by Crippen LogP contribution is -2.20. The molecule has 0 aromatic heterocycles. The molecule has 0 unspecified atom stereocenters. The standard InChI is InChI=1S/C25H22F3N3O3/c26-25(27,28)20-7-4-8-21(15-20)30-23(32)13-14-24(33)31-29-16-18-9-11-22(12-10-18)34-17-19-5-2-1-3-6-19/h1-12,15-16H,13-14,17H2,(H,30,32)(H,31,33). The number of ether oxygens (including phenoxy) is 1. The molecule has 3 rings (SSSR count). The molecule has 2 amide bonds. The fraction of sp³-hybridized carbons (Fsp3) is 0.160. The van der Waals surface area contributed by atoms with Crippen molar-refractivity contribution in [3.8, 4) is 5.75 Å². The molecule has 2 N–H and O–H groups in total. The van der Waals surface area contributed by atoms with E-state index in [1.165, 1.54) is 18.3 Å². The number of hydrogen-bond donors (Lipinski definition) is 2. The van der Waals surface area contributed by atoms with E-state index in [9.17, 15) is 22.8 Å². The summed E-state index contributed by atoms with van der Waals surface area (Å²) in [5, 5.41) is 6.19. The molecule has 0 atom stereocenters. The first kappa shape index (κ1) is 24.5. The van der Waals surface area contributed by atoms with Gasteiger partial charge in [0.15, 0.2) is 0 Å². The quantitative estimate of drug-likeness (QED) is 0.336. The summed E-state index contributed by atoms with van der Waals surface area (Å²) in [7, 11) is 0. The summed E-state index contributed by atoms with van der Waals surface area (Å²) in [6.07, 6.45) is -3.44. The molecule has 0 bridgehead atoms. The lowest BCUT2D eigenvalue weighted by Gasteiger charge is -2.09. The van der Waals surface area contributed by atoms with E-state index in [1.807, 2.05) is 30.3 Å². The Balaban J connectivity index is 1.39. The number of carbonyl (C=O) groups is 2. The van der Waals surface area contributed by atoms with Gasteiger partial charge in [-0.25, -0.2) is 5.43 Å². The number of halogens is 3. The van der Waals surface area contributed by atoms with E-state index in [0.717, 1.165) is 23.3 Å². The number of hydrazone groups is 1. The van der Waals surface area contributed by atoms with E-state index in [0.29, 0.717) is 12.4 Å². The van der Waals surface area contributed by atoms with E-state index in [2.05, 4.69) is 15.8 Å². The SMILES string of the molecule is O=C(CCC(=O)Nc1cccc(C(F)(F)F)c1)NN=Cc1ccc(OCc2ccccc2)cc1. The molecule has 0 heterocycles. The fourth-order valence-corrected chi connectivity index (χ4v) is 2.85. The van der Waals surface area contributed by atoms with Crippen LogP contribution in [0.4, 0.5) is 18.9 Å². The number of rotatable bonds is 9. The summed E-state index contributed by atoms with van der Waals surface area (Å²) in [6, 6.07) is 21.2. The number of hydrogen-bond acceptors (Lipinski definition) is 4. The number of carbonyl (C=O) groups excluding carboxylic acids is 2. The van der Waals surface area contributed by atoms with Crippen molar-refractivity contribution in [3.05, 3.63) is 95.6 Å². The minimum atomic E-state index is -4.51. The maximum atomic E-state index is 12.7. The topological polar surface area (TPSA) is 79.8 Å². The first-order valence-corrected chi connectivity index (χ1v) is 10.4. The molecule has 9 heteroatoms. The summed E-state index contributed by atoms with van der Waals surface area (Å²) >= 11 is 0. The normalized spacial score (nSPS) is 11.3. The lowest BCUT2D eigenvalue weighted by molar-refractivity contribution is -0.137. The zero-order valence-corrected chi connectivity index (χ0v) is 18.0. The predicted octanol–water partition coefficient (Wildman–Crippen LogP) is 5.15. The van der Waals surface area contributed by atoms with Crippen LogP contribution in [0.2, 0.25) is 0 Å². The average molecular weight is 469 g/mol. The second-order valence-corrected chi connectivity index (χ2v) is 7.26. The van der Waals surface area contributed by atoms with Crippen molar-refractivity contribution in [3.63, 3.8) is 0 Å². The van der Waals surface area contributed by atoms with Crippen LogP contribution in [0.1, 0.15) is 29.5 Å². The highest BCUT2D eigenvalue weighted by Gasteiger charge is 2.30. The van der Waals surface area contributed by atoms with Crippen molar-refractivity contribution >= 4 is 23.7 Å². The van der Waals surface area contributed by atoms with Crippen LogP contribution >= 0.6 is 0 Å². The van der Waals surface area contributed by atoms with Gasteiger partial charge >= 0.3 is 6.18 Å². The fourth-order valence-electron chi connectivity index (χ4n) is 2.85. The number of nitrogens with zero attached hydrogens (tertiary/aromatic N) is 1. The van der Waals surface area contributed by atoms with E-state index in [-0.39, 0.29) is 18.5 Å². The van der Waals surface area contributed by atoms with Gasteiger partial charge in [-0.05, 0) is 53.6 Å². The third kappa shape index (κ3) is 8.09. The van der Waals surface area contributed by atoms with Gasteiger partial charge in [-0.2, -0.15) is 18.3 Å². The predicted molar refractivity (Wildman–Crippen MR) is 122 cm³/mol. The molecule has 6 nitrogen and oxygen atoms in total. The van der Waals surface area contributed by atoms with Gasteiger partial charge in [-0.1, -0.05) is 36.4 Å². The molecule has 3 aromatic carbocycles. The summed E-state index contributed by atoms with van der Waals surface area (Å²) < 4.78 is 43.9. The Morgan fingerprint density at radius 1 is 0.882 bits per heavy atom. The van der Waals surface area contributed by atoms with Crippen molar-refractivity contribution in [2.45, 2.75) is 25.6 Å². The first-order valence-electron chi connectivity index (χ1n) is 10.4. The Hall–Kier alpha value is -4.14. The van der Waals surface area contributed by atoms with Gasteiger partial charge in [0, 0.05) is 18.5 Å². The van der Waals surface area contributed by atoms with Crippen LogP contribution in [0.3, 0.4) is 0 Å². The second-order valence-electron chi connectivity index (χ2n) is 7.26. The Morgan fingerprint density at radius 3 is 2.29 bits per heavy atom. The van der Waals surface area contributed by atoms with E-state index in [1.54, 1.807) is 24.3 Å². The van der Waals surface area contributed by atoms with Gasteiger partial charge in [0.2, 0.25) is 11.8 Å². The molecule has 0 radical (unpaired) electrons. The number of nitrogens with one attached hydrogen (secondary N) is 2. The molecule has 0 spiro atoms. The molecule has 0 saturated heterocycles. The highest BCUT2D eigenvalue weighted by Crippen LogP contribution is 2.30. The molecule has 0 aliphatic rings. The van der Waals surface area contributed by atoms with Gasteiger partial charge in [-0.3, -0.25) is 9.59 Å². The Labute approximate surface area is 194 Å². The molecular formula is C25H22F3N3O3. The number of amides is 2. The van der Waals surface area contributed by atoms with Crippen LogP contribution in [0.5, 0.6) is 5.75 Å². The number of anilines is 1. The van der Waals surface area contributed by atoms with Gasteiger partial charge in [-0.15, -0.1) is 0 Å². The molecule has 0 aliphatic heterocycles. The minimum absolute atomic E-state index is 0.00875. The van der Waals surface area contributed by atoms with Gasteiger partial charge < -0.3 is 10.1 Å². The maximum Gasteiger partial charge on any atom is 0.416 e. The van der Waals surface area contributed by atoms with Crippen LogP contribution in [0.15, 0.2) is 84.0 Å². The van der Waals surface area contributed by atoms with E-state index < -0.39 is 23.6 Å². The van der Waals surface area contributed by atoms with Gasteiger partial charge in [0.25, 0.3) is 0 Å². The second kappa shape index (κ2) is 11.6. The molecule has 0 fully saturated rings. The zero-order chi connectivity index (χ0) is 24.4. The Morgan fingerprint density at radius 2 is 1.59 bits per heavy atom. The molecule has 0 aliphatic carbocycles.